The highest BCUT2D eigenvalue weighted by Gasteiger charge is 2.08. The number of aromatic nitrogens is 3. The van der Waals surface area contributed by atoms with Crippen molar-refractivity contribution in [1.82, 2.24) is 14.5 Å². The summed E-state index contributed by atoms with van der Waals surface area (Å²) in [7, 11) is 3.44. The Morgan fingerprint density at radius 3 is 2.89 bits per heavy atom. The van der Waals surface area contributed by atoms with Gasteiger partial charge in [0, 0.05) is 39.1 Å². The van der Waals surface area contributed by atoms with E-state index in [9.17, 15) is 9.59 Å². The van der Waals surface area contributed by atoms with Crippen molar-refractivity contribution in [3.8, 4) is 0 Å². The average molecular weight is 246 g/mol. The van der Waals surface area contributed by atoms with Crippen LogP contribution in [0, 0.1) is 0 Å². The molecule has 2 rings (SSSR count). The van der Waals surface area contributed by atoms with Gasteiger partial charge >= 0.3 is 5.69 Å². The number of anilines is 1. The van der Waals surface area contributed by atoms with Gasteiger partial charge in [-0.15, -0.1) is 0 Å². The molecule has 0 spiro atoms. The van der Waals surface area contributed by atoms with Gasteiger partial charge in [-0.25, -0.2) is 4.79 Å². The Kier molecular flexibility index (Phi) is 3.27. The van der Waals surface area contributed by atoms with Gasteiger partial charge in [-0.3, -0.25) is 19.3 Å². The molecule has 0 aliphatic rings. The number of rotatable bonds is 3. The SMILES string of the molecule is CN(Cc1cccnc1)c1cc(=O)[nH]c(=O)n1C. The maximum absolute atomic E-state index is 11.5. The monoisotopic (exact) mass is 246 g/mol. The predicted molar refractivity (Wildman–Crippen MR) is 68.6 cm³/mol. The van der Waals surface area contributed by atoms with Crippen LogP contribution in [-0.2, 0) is 13.6 Å². The first-order valence-electron chi connectivity index (χ1n) is 5.48. The first-order valence-corrected chi connectivity index (χ1v) is 5.48. The fraction of sp³-hybridized carbons (Fsp3) is 0.250. The lowest BCUT2D eigenvalue weighted by atomic mass is 10.3. The van der Waals surface area contributed by atoms with E-state index in [1.54, 1.807) is 19.4 Å². The number of H-pyrrole nitrogens is 1. The molecule has 2 heterocycles. The van der Waals surface area contributed by atoms with Crippen molar-refractivity contribution in [1.29, 1.82) is 0 Å². The summed E-state index contributed by atoms with van der Waals surface area (Å²) in [5.74, 6) is 0.563. The number of nitrogens with zero attached hydrogens (tertiary/aromatic N) is 3. The highest BCUT2D eigenvalue weighted by atomic mass is 16.2. The number of pyridine rings is 1. The molecule has 6 heteroatoms. The second-order valence-electron chi connectivity index (χ2n) is 4.07. The minimum absolute atomic E-state index is 0.397. The molecule has 1 N–H and O–H groups in total. The number of hydrogen-bond acceptors (Lipinski definition) is 4. The Morgan fingerprint density at radius 2 is 2.22 bits per heavy atom. The molecule has 6 nitrogen and oxygen atoms in total. The number of nitrogens with one attached hydrogen (secondary N) is 1. The average Bonchev–Trinajstić information content (AvgIpc) is 2.35. The van der Waals surface area contributed by atoms with E-state index in [4.69, 9.17) is 0 Å². The predicted octanol–water partition coefficient (Wildman–Crippen LogP) is 0.105. The quantitative estimate of drug-likeness (QED) is 0.834. The number of aromatic amines is 1. The van der Waals surface area contributed by atoms with Crippen molar-refractivity contribution >= 4 is 5.82 Å². The van der Waals surface area contributed by atoms with Gasteiger partial charge in [0.2, 0.25) is 0 Å². The molecule has 2 aromatic rings. The van der Waals surface area contributed by atoms with Gasteiger partial charge in [-0.1, -0.05) is 6.07 Å². The summed E-state index contributed by atoms with van der Waals surface area (Å²) < 4.78 is 1.40. The third-order valence-corrected chi connectivity index (χ3v) is 2.67. The largest absolute Gasteiger partial charge is 0.356 e. The molecule has 0 saturated heterocycles. The van der Waals surface area contributed by atoms with Crippen LogP contribution in [0.5, 0.6) is 0 Å². The molecule has 18 heavy (non-hydrogen) atoms. The van der Waals surface area contributed by atoms with Crippen LogP contribution in [0.3, 0.4) is 0 Å². The van der Waals surface area contributed by atoms with Crippen LogP contribution in [0.15, 0.2) is 40.2 Å². The van der Waals surface area contributed by atoms with Crippen molar-refractivity contribution in [2.75, 3.05) is 11.9 Å². The first kappa shape index (κ1) is 12.1. The molecule has 0 aromatic carbocycles. The lowest BCUT2D eigenvalue weighted by Crippen LogP contribution is -2.33. The molecule has 0 aliphatic heterocycles. The Labute approximate surface area is 104 Å². The summed E-state index contributed by atoms with van der Waals surface area (Å²) in [4.78, 5) is 30.9. The van der Waals surface area contributed by atoms with E-state index >= 15 is 0 Å². The topological polar surface area (TPSA) is 71.0 Å². The van der Waals surface area contributed by atoms with E-state index in [-0.39, 0.29) is 0 Å². The van der Waals surface area contributed by atoms with Gasteiger partial charge in [0.1, 0.15) is 5.82 Å². The molecule has 0 aliphatic carbocycles. The first-order chi connectivity index (χ1) is 8.58. The van der Waals surface area contributed by atoms with Crippen LogP contribution in [-0.4, -0.2) is 21.6 Å². The van der Waals surface area contributed by atoms with Crippen LogP contribution in [0.1, 0.15) is 5.56 Å². The molecular weight excluding hydrogens is 232 g/mol. The molecule has 2 aromatic heterocycles. The minimum atomic E-state index is -0.421. The lowest BCUT2D eigenvalue weighted by molar-refractivity contribution is 0.751. The summed E-state index contributed by atoms with van der Waals surface area (Å²) >= 11 is 0. The van der Waals surface area contributed by atoms with E-state index in [1.807, 2.05) is 24.1 Å². The van der Waals surface area contributed by atoms with Gasteiger partial charge in [-0.2, -0.15) is 0 Å². The molecule has 0 radical (unpaired) electrons. The molecule has 0 amide bonds. The normalized spacial score (nSPS) is 10.3. The molecule has 94 valence electrons. The minimum Gasteiger partial charge on any atom is -0.356 e. The maximum atomic E-state index is 11.5. The van der Waals surface area contributed by atoms with Gasteiger partial charge in [0.15, 0.2) is 0 Å². The van der Waals surface area contributed by atoms with Gasteiger partial charge in [0.05, 0.1) is 0 Å². The van der Waals surface area contributed by atoms with E-state index in [1.165, 1.54) is 10.6 Å². The van der Waals surface area contributed by atoms with Crippen molar-refractivity contribution in [2.24, 2.45) is 7.05 Å². The summed E-state index contributed by atoms with van der Waals surface area (Å²) in [6, 6.07) is 5.19. The molecule has 0 fully saturated rings. The second-order valence-corrected chi connectivity index (χ2v) is 4.07. The third kappa shape index (κ3) is 2.48. The van der Waals surface area contributed by atoms with E-state index < -0.39 is 11.2 Å². The van der Waals surface area contributed by atoms with Crippen LogP contribution in [0.4, 0.5) is 5.82 Å². The van der Waals surface area contributed by atoms with Gasteiger partial charge in [0.25, 0.3) is 5.56 Å². The highest BCUT2D eigenvalue weighted by Crippen LogP contribution is 2.09. The molecule has 0 bridgehead atoms. The second kappa shape index (κ2) is 4.87. The zero-order valence-corrected chi connectivity index (χ0v) is 10.3. The van der Waals surface area contributed by atoms with Crippen LogP contribution < -0.4 is 16.1 Å². The molecule has 0 atom stereocenters. The maximum Gasteiger partial charge on any atom is 0.329 e. The van der Waals surface area contributed by atoms with Gasteiger partial charge in [-0.05, 0) is 11.6 Å². The zero-order valence-electron chi connectivity index (χ0n) is 10.3. The summed E-state index contributed by atoms with van der Waals surface area (Å²) in [5.41, 5.74) is 0.189. The standard InChI is InChI=1S/C12H14N4O2/c1-15(8-9-4-3-5-13-7-9)11-6-10(17)14-12(18)16(11)2/h3-7H,8H2,1-2H3,(H,14,17,18). The van der Waals surface area contributed by atoms with E-state index in [0.29, 0.717) is 12.4 Å². The third-order valence-electron chi connectivity index (χ3n) is 2.67. The summed E-state index contributed by atoms with van der Waals surface area (Å²) in [6.45, 7) is 0.574. The fourth-order valence-electron chi connectivity index (χ4n) is 1.76. The molecular formula is C12H14N4O2. The van der Waals surface area contributed by atoms with Crippen LogP contribution >= 0.6 is 0 Å². The lowest BCUT2D eigenvalue weighted by Gasteiger charge is -2.20. The summed E-state index contributed by atoms with van der Waals surface area (Å²) in [6.07, 6.45) is 3.45. The summed E-state index contributed by atoms with van der Waals surface area (Å²) in [5, 5.41) is 0. The Balaban J connectivity index is 2.32. The van der Waals surface area contributed by atoms with Crippen molar-refractivity contribution in [3.05, 3.63) is 57.0 Å². The van der Waals surface area contributed by atoms with Crippen LogP contribution in [0.25, 0.3) is 0 Å². The van der Waals surface area contributed by atoms with Gasteiger partial charge < -0.3 is 4.90 Å². The Hall–Kier alpha value is -2.37. The molecule has 0 saturated carbocycles. The highest BCUT2D eigenvalue weighted by molar-refractivity contribution is 5.37. The van der Waals surface area contributed by atoms with Crippen molar-refractivity contribution < 1.29 is 0 Å². The smallest absolute Gasteiger partial charge is 0.329 e. The zero-order chi connectivity index (χ0) is 13.1. The van der Waals surface area contributed by atoms with E-state index in [0.717, 1.165) is 5.56 Å². The van der Waals surface area contributed by atoms with E-state index in [2.05, 4.69) is 9.97 Å². The van der Waals surface area contributed by atoms with Crippen molar-refractivity contribution in [3.63, 3.8) is 0 Å². The Bertz CT molecular complexity index is 645. The molecule has 0 unspecified atom stereocenters. The Morgan fingerprint density at radius 1 is 1.44 bits per heavy atom. The van der Waals surface area contributed by atoms with Crippen LogP contribution in [0.2, 0.25) is 0 Å². The fourth-order valence-corrected chi connectivity index (χ4v) is 1.76. The number of hydrogen-bond donors (Lipinski definition) is 1. The van der Waals surface area contributed by atoms with Crippen molar-refractivity contribution in [2.45, 2.75) is 6.54 Å².